The van der Waals surface area contributed by atoms with E-state index in [0.717, 1.165) is 5.69 Å². The first kappa shape index (κ1) is 17.0. The first-order valence-electron chi connectivity index (χ1n) is 7.07. The molecule has 0 aliphatic carbocycles. The van der Waals surface area contributed by atoms with Crippen LogP contribution in [0.1, 0.15) is 17.3 Å². The van der Waals surface area contributed by atoms with E-state index in [9.17, 15) is 9.59 Å². The van der Waals surface area contributed by atoms with Crippen LogP contribution in [-0.2, 0) is 9.53 Å². The van der Waals surface area contributed by atoms with Crippen molar-refractivity contribution in [3.05, 3.63) is 54.2 Å². The zero-order valence-corrected chi connectivity index (χ0v) is 14.0. The number of hydrogen-bond acceptors (Lipinski definition) is 5. The predicted octanol–water partition coefficient (Wildman–Crippen LogP) is 3.01. The molecule has 120 valence electrons. The highest BCUT2D eigenvalue weighted by atomic mass is 32.2. The molecule has 6 heteroatoms. The highest BCUT2D eigenvalue weighted by Crippen LogP contribution is 2.19. The molecule has 2 rings (SSSR count). The molecule has 1 amide bonds. The van der Waals surface area contributed by atoms with Gasteiger partial charge in [0.2, 0.25) is 0 Å². The van der Waals surface area contributed by atoms with Gasteiger partial charge in [0.1, 0.15) is 5.03 Å². The highest BCUT2D eigenvalue weighted by molar-refractivity contribution is 7.98. The van der Waals surface area contributed by atoms with Crippen molar-refractivity contribution in [2.45, 2.75) is 18.1 Å². The number of rotatable bonds is 5. The van der Waals surface area contributed by atoms with Gasteiger partial charge in [-0.25, -0.2) is 9.78 Å². The number of aromatic nitrogens is 1. The van der Waals surface area contributed by atoms with Crippen molar-refractivity contribution in [2.75, 3.05) is 18.2 Å². The molecule has 0 aliphatic heterocycles. The topological polar surface area (TPSA) is 59.5 Å². The van der Waals surface area contributed by atoms with Crippen molar-refractivity contribution in [3.8, 4) is 0 Å². The van der Waals surface area contributed by atoms with Gasteiger partial charge in [-0.3, -0.25) is 4.79 Å². The molecule has 0 spiro atoms. The molecule has 2 aromatic rings. The van der Waals surface area contributed by atoms with E-state index in [2.05, 4.69) is 4.98 Å². The minimum atomic E-state index is -0.886. The molecule has 0 aliphatic rings. The minimum Gasteiger partial charge on any atom is -0.449 e. The van der Waals surface area contributed by atoms with Crippen molar-refractivity contribution in [2.24, 2.45) is 0 Å². The molecule has 0 saturated carbocycles. The van der Waals surface area contributed by atoms with Crippen LogP contribution in [0.25, 0.3) is 0 Å². The second-order valence-electron chi connectivity index (χ2n) is 4.84. The van der Waals surface area contributed by atoms with Gasteiger partial charge in [0.25, 0.3) is 5.91 Å². The number of likely N-dealkylation sites (N-methyl/N-ethyl adjacent to an activating group) is 1. The number of pyridine rings is 1. The lowest BCUT2D eigenvalue weighted by molar-refractivity contribution is -0.126. The molecule has 1 atom stereocenters. The molecule has 0 saturated heterocycles. The second-order valence-corrected chi connectivity index (χ2v) is 5.64. The summed E-state index contributed by atoms with van der Waals surface area (Å²) in [5, 5.41) is 0.577. The van der Waals surface area contributed by atoms with E-state index in [-0.39, 0.29) is 5.91 Å². The molecule has 1 aromatic heterocycles. The van der Waals surface area contributed by atoms with Crippen LogP contribution in [0.2, 0.25) is 0 Å². The Morgan fingerprint density at radius 1 is 1.17 bits per heavy atom. The van der Waals surface area contributed by atoms with Gasteiger partial charge in [0, 0.05) is 18.9 Å². The van der Waals surface area contributed by atoms with Gasteiger partial charge < -0.3 is 9.64 Å². The minimum absolute atomic E-state index is 0.292. The van der Waals surface area contributed by atoms with Crippen LogP contribution in [0.15, 0.2) is 53.7 Å². The number of carbonyl (C=O) groups is 2. The maximum Gasteiger partial charge on any atom is 0.341 e. The third-order valence-electron chi connectivity index (χ3n) is 3.29. The monoisotopic (exact) mass is 330 g/mol. The Morgan fingerprint density at radius 3 is 2.52 bits per heavy atom. The first-order valence-corrected chi connectivity index (χ1v) is 8.29. The Bertz CT molecular complexity index is 691. The Labute approximate surface area is 139 Å². The fraction of sp³-hybridized carbons (Fsp3) is 0.235. The van der Waals surface area contributed by atoms with Crippen LogP contribution < -0.4 is 4.90 Å². The van der Waals surface area contributed by atoms with E-state index >= 15 is 0 Å². The summed E-state index contributed by atoms with van der Waals surface area (Å²) < 4.78 is 5.30. The van der Waals surface area contributed by atoms with Crippen molar-refractivity contribution >= 4 is 29.3 Å². The average Bonchev–Trinajstić information content (AvgIpc) is 2.60. The standard InChI is InChI=1S/C17H18N2O3S/c1-12(16(20)19(2)13-8-5-4-6-9-13)22-17(21)14-10-7-11-18-15(14)23-3/h4-12H,1-3H3. The summed E-state index contributed by atoms with van der Waals surface area (Å²) in [5.74, 6) is -0.844. The Kier molecular flexibility index (Phi) is 5.76. The first-order chi connectivity index (χ1) is 11.0. The van der Waals surface area contributed by atoms with Crippen molar-refractivity contribution < 1.29 is 14.3 Å². The lowest BCUT2D eigenvalue weighted by Crippen LogP contribution is -2.37. The summed E-state index contributed by atoms with van der Waals surface area (Å²) in [6.07, 6.45) is 2.56. The number of nitrogens with zero attached hydrogens (tertiary/aromatic N) is 2. The predicted molar refractivity (Wildman–Crippen MR) is 90.7 cm³/mol. The van der Waals surface area contributed by atoms with Gasteiger partial charge in [0.15, 0.2) is 6.10 Å². The number of para-hydroxylation sites is 1. The van der Waals surface area contributed by atoms with Gasteiger partial charge in [-0.15, -0.1) is 11.8 Å². The van der Waals surface area contributed by atoms with E-state index in [0.29, 0.717) is 10.6 Å². The normalized spacial score (nSPS) is 11.6. The summed E-state index contributed by atoms with van der Waals surface area (Å²) in [4.78, 5) is 30.2. The second kappa shape index (κ2) is 7.78. The average molecular weight is 330 g/mol. The molecule has 0 radical (unpaired) electrons. The Morgan fingerprint density at radius 2 is 1.87 bits per heavy atom. The van der Waals surface area contributed by atoms with E-state index < -0.39 is 12.1 Å². The van der Waals surface area contributed by atoms with Crippen molar-refractivity contribution in [1.82, 2.24) is 4.98 Å². The maximum absolute atomic E-state index is 12.4. The fourth-order valence-corrected chi connectivity index (χ4v) is 2.57. The molecular weight excluding hydrogens is 312 g/mol. The summed E-state index contributed by atoms with van der Waals surface area (Å²) in [5.41, 5.74) is 1.11. The number of esters is 1. The summed E-state index contributed by atoms with van der Waals surface area (Å²) in [6, 6.07) is 12.5. The van der Waals surface area contributed by atoms with Gasteiger partial charge in [-0.1, -0.05) is 18.2 Å². The lowest BCUT2D eigenvalue weighted by atomic mass is 10.2. The van der Waals surface area contributed by atoms with Crippen molar-refractivity contribution in [3.63, 3.8) is 0 Å². The molecule has 5 nitrogen and oxygen atoms in total. The van der Waals surface area contributed by atoms with Crippen LogP contribution in [0.5, 0.6) is 0 Å². The number of benzene rings is 1. The van der Waals surface area contributed by atoms with Gasteiger partial charge in [-0.05, 0) is 37.4 Å². The molecular formula is C17H18N2O3S. The quantitative estimate of drug-likeness (QED) is 0.623. The van der Waals surface area contributed by atoms with Crippen molar-refractivity contribution in [1.29, 1.82) is 0 Å². The van der Waals surface area contributed by atoms with Crippen LogP contribution in [-0.4, -0.2) is 36.3 Å². The number of amides is 1. The molecule has 1 aromatic carbocycles. The molecule has 1 unspecified atom stereocenters. The van der Waals surface area contributed by atoms with E-state index in [1.165, 1.54) is 16.7 Å². The summed E-state index contributed by atoms with van der Waals surface area (Å²) in [7, 11) is 1.65. The lowest BCUT2D eigenvalue weighted by Gasteiger charge is -2.21. The zero-order valence-electron chi connectivity index (χ0n) is 13.2. The van der Waals surface area contributed by atoms with E-state index in [1.54, 1.807) is 32.3 Å². The molecule has 1 heterocycles. The van der Waals surface area contributed by atoms with Gasteiger partial charge in [0.05, 0.1) is 5.56 Å². The fourth-order valence-electron chi connectivity index (χ4n) is 2.03. The van der Waals surface area contributed by atoms with Gasteiger partial charge >= 0.3 is 5.97 Å². The SMILES string of the molecule is CSc1ncccc1C(=O)OC(C)C(=O)N(C)c1ccccc1. The summed E-state index contributed by atoms with van der Waals surface area (Å²) >= 11 is 1.36. The van der Waals surface area contributed by atoms with Crippen LogP contribution >= 0.6 is 11.8 Å². The molecule has 23 heavy (non-hydrogen) atoms. The number of anilines is 1. The number of carbonyl (C=O) groups excluding carboxylic acids is 2. The third kappa shape index (κ3) is 4.10. The smallest absolute Gasteiger partial charge is 0.341 e. The third-order valence-corrected chi connectivity index (χ3v) is 4.00. The summed E-state index contributed by atoms with van der Waals surface area (Å²) in [6.45, 7) is 1.56. The maximum atomic E-state index is 12.4. The number of hydrogen-bond donors (Lipinski definition) is 0. The number of ether oxygens (including phenoxy) is 1. The van der Waals surface area contributed by atoms with Crippen LogP contribution in [0.4, 0.5) is 5.69 Å². The molecule has 0 N–H and O–H groups in total. The van der Waals surface area contributed by atoms with Crippen LogP contribution in [0.3, 0.4) is 0 Å². The van der Waals surface area contributed by atoms with Crippen LogP contribution in [0, 0.1) is 0 Å². The molecule has 0 fully saturated rings. The Balaban J connectivity index is 2.07. The largest absolute Gasteiger partial charge is 0.449 e. The molecule has 0 bridgehead atoms. The Hall–Kier alpha value is -2.34. The number of thioether (sulfide) groups is 1. The highest BCUT2D eigenvalue weighted by Gasteiger charge is 2.24. The zero-order chi connectivity index (χ0) is 16.8. The van der Waals surface area contributed by atoms with E-state index in [4.69, 9.17) is 4.74 Å². The van der Waals surface area contributed by atoms with E-state index in [1.807, 2.05) is 36.6 Å². The van der Waals surface area contributed by atoms with Gasteiger partial charge in [-0.2, -0.15) is 0 Å².